The first-order chi connectivity index (χ1) is 15.4. The number of aliphatic hydroxyl groups is 6. The molecule has 6 heteroatoms. The van der Waals surface area contributed by atoms with Gasteiger partial charge in [-0.15, -0.1) is 0 Å². The van der Waals surface area contributed by atoms with E-state index >= 15 is 0 Å². The Morgan fingerprint density at radius 2 is 1.27 bits per heavy atom. The van der Waals surface area contributed by atoms with Crippen LogP contribution in [0.4, 0.5) is 0 Å². The van der Waals surface area contributed by atoms with E-state index in [4.69, 9.17) is 0 Å². The molecule has 0 fully saturated rings. The minimum Gasteiger partial charge on any atom is -0.394 e. The first-order valence-corrected chi connectivity index (χ1v) is 11.6. The predicted octanol–water partition coefficient (Wildman–Crippen LogP) is 2.04. The van der Waals surface area contributed by atoms with Gasteiger partial charge in [0.05, 0.1) is 12.2 Å². The van der Waals surface area contributed by atoms with Crippen molar-refractivity contribution >= 4 is 0 Å². The maximum atomic E-state index is 11.7. The Morgan fingerprint density at radius 3 is 1.70 bits per heavy atom. The van der Waals surface area contributed by atoms with Gasteiger partial charge in [-0.2, -0.15) is 0 Å². The molecule has 33 heavy (non-hydrogen) atoms. The van der Waals surface area contributed by atoms with Gasteiger partial charge in [-0.3, -0.25) is 0 Å². The largest absolute Gasteiger partial charge is 0.394 e. The molecular formula is C27H40O6. The molecule has 0 bridgehead atoms. The molecule has 0 spiro atoms. The van der Waals surface area contributed by atoms with Gasteiger partial charge < -0.3 is 30.6 Å². The summed E-state index contributed by atoms with van der Waals surface area (Å²) < 4.78 is 0. The maximum Gasteiger partial charge on any atom is 0.126 e. The zero-order chi connectivity index (χ0) is 25.0. The molecule has 6 N–H and O–H groups in total. The number of aliphatic hydroxyl groups excluding tert-OH is 4. The highest BCUT2D eigenvalue weighted by Crippen LogP contribution is 2.36. The number of rotatable bonds is 11. The van der Waals surface area contributed by atoms with Crippen molar-refractivity contribution < 1.29 is 30.6 Å². The summed E-state index contributed by atoms with van der Waals surface area (Å²) in [6, 6.07) is 11.4. The molecule has 2 aromatic rings. The van der Waals surface area contributed by atoms with Gasteiger partial charge in [0.1, 0.15) is 23.9 Å². The van der Waals surface area contributed by atoms with Crippen molar-refractivity contribution in [1.82, 2.24) is 0 Å². The molecule has 5 atom stereocenters. The average Bonchev–Trinajstić information content (AvgIpc) is 2.76. The standard InChI is InChI=1S/C27H40O6/c1-6-11-26(32,14-21-9-7-17(2)12-19(21)4)25(31)27(33,24(30)23(29)16-28)15-22-10-8-18(3)13-20(22)5/h7-10,12-13,23-25,28-33H,6,11,14-16H2,1-5H3/t23-,24+,25+,26?,27+/m0/s1. The molecule has 184 valence electrons. The lowest BCUT2D eigenvalue weighted by atomic mass is 9.71. The summed E-state index contributed by atoms with van der Waals surface area (Å²) in [6.07, 6.45) is -4.84. The summed E-state index contributed by atoms with van der Waals surface area (Å²) in [6.45, 7) is 8.75. The van der Waals surface area contributed by atoms with Crippen LogP contribution in [0.3, 0.4) is 0 Å². The smallest absolute Gasteiger partial charge is 0.126 e. The van der Waals surface area contributed by atoms with Crippen LogP contribution in [0.15, 0.2) is 36.4 Å². The number of hydrogen-bond acceptors (Lipinski definition) is 6. The van der Waals surface area contributed by atoms with Gasteiger partial charge in [-0.25, -0.2) is 0 Å². The van der Waals surface area contributed by atoms with Gasteiger partial charge >= 0.3 is 0 Å². The Kier molecular flexibility index (Phi) is 9.22. The van der Waals surface area contributed by atoms with E-state index in [0.29, 0.717) is 12.0 Å². The first-order valence-electron chi connectivity index (χ1n) is 11.6. The average molecular weight is 461 g/mol. The zero-order valence-electron chi connectivity index (χ0n) is 20.4. The van der Waals surface area contributed by atoms with Gasteiger partial charge in [0, 0.05) is 12.8 Å². The molecule has 2 aromatic carbocycles. The second kappa shape index (κ2) is 11.1. The second-order valence-electron chi connectivity index (χ2n) is 9.66. The van der Waals surface area contributed by atoms with E-state index < -0.39 is 36.1 Å². The third-order valence-electron chi connectivity index (χ3n) is 6.70. The van der Waals surface area contributed by atoms with Crippen LogP contribution in [0.1, 0.15) is 53.1 Å². The Balaban J connectivity index is 2.55. The molecule has 1 unspecified atom stereocenters. The van der Waals surface area contributed by atoms with Crippen LogP contribution in [-0.2, 0) is 12.8 Å². The van der Waals surface area contributed by atoms with E-state index in [-0.39, 0.29) is 19.3 Å². The molecular weight excluding hydrogens is 420 g/mol. The zero-order valence-corrected chi connectivity index (χ0v) is 20.4. The summed E-state index contributed by atoms with van der Waals surface area (Å²) in [5.74, 6) is 0. The fraction of sp³-hybridized carbons (Fsp3) is 0.556. The van der Waals surface area contributed by atoms with Crippen molar-refractivity contribution in [3.05, 3.63) is 69.8 Å². The minimum atomic E-state index is -2.31. The van der Waals surface area contributed by atoms with Crippen molar-refractivity contribution in [3.63, 3.8) is 0 Å². The van der Waals surface area contributed by atoms with Gasteiger partial charge in [0.15, 0.2) is 0 Å². The van der Waals surface area contributed by atoms with E-state index in [1.54, 1.807) is 6.07 Å². The molecule has 0 aliphatic rings. The monoisotopic (exact) mass is 460 g/mol. The molecule has 0 aliphatic carbocycles. The summed E-state index contributed by atoms with van der Waals surface area (Å²) in [4.78, 5) is 0. The number of benzene rings is 2. The molecule has 0 saturated heterocycles. The fourth-order valence-electron chi connectivity index (χ4n) is 4.74. The molecule has 0 amide bonds. The number of hydrogen-bond donors (Lipinski definition) is 6. The molecule has 0 aliphatic heterocycles. The third-order valence-corrected chi connectivity index (χ3v) is 6.70. The molecule has 0 heterocycles. The second-order valence-corrected chi connectivity index (χ2v) is 9.66. The van der Waals surface area contributed by atoms with Crippen LogP contribution in [0.25, 0.3) is 0 Å². The highest BCUT2D eigenvalue weighted by atomic mass is 16.4. The Morgan fingerprint density at radius 1 is 0.788 bits per heavy atom. The molecule has 2 rings (SSSR count). The lowest BCUT2D eigenvalue weighted by molar-refractivity contribution is -0.230. The van der Waals surface area contributed by atoms with Crippen molar-refractivity contribution in [2.45, 2.75) is 89.8 Å². The SMILES string of the molecule is CCCC(O)(Cc1ccc(C)cc1C)[C@@H](O)[C@@](O)(Cc1ccc(C)cc1C)[C@H](O)[C@@H](O)CO. The topological polar surface area (TPSA) is 121 Å². The van der Waals surface area contributed by atoms with Crippen LogP contribution in [-0.4, -0.2) is 66.8 Å². The summed E-state index contributed by atoms with van der Waals surface area (Å²) in [5, 5.41) is 65.4. The first kappa shape index (κ1) is 27.4. The Bertz CT molecular complexity index is 929. The minimum absolute atomic E-state index is 0.0608. The van der Waals surface area contributed by atoms with E-state index in [1.807, 2.05) is 65.0 Å². The van der Waals surface area contributed by atoms with Gasteiger partial charge in [0.25, 0.3) is 0 Å². The van der Waals surface area contributed by atoms with E-state index in [0.717, 1.165) is 27.8 Å². The van der Waals surface area contributed by atoms with Gasteiger partial charge in [-0.1, -0.05) is 60.9 Å². The third kappa shape index (κ3) is 6.21. The number of aryl methyl sites for hydroxylation is 4. The van der Waals surface area contributed by atoms with Crippen LogP contribution in [0, 0.1) is 27.7 Å². The van der Waals surface area contributed by atoms with Gasteiger partial charge in [-0.05, 0) is 56.4 Å². The predicted molar refractivity (Wildman–Crippen MR) is 129 cm³/mol. The highest BCUT2D eigenvalue weighted by molar-refractivity contribution is 5.34. The van der Waals surface area contributed by atoms with Crippen molar-refractivity contribution in [2.24, 2.45) is 0 Å². The summed E-state index contributed by atoms with van der Waals surface area (Å²) in [5.41, 5.74) is 1.28. The molecule has 6 nitrogen and oxygen atoms in total. The van der Waals surface area contributed by atoms with Crippen LogP contribution < -0.4 is 0 Å². The van der Waals surface area contributed by atoms with Crippen LogP contribution in [0.5, 0.6) is 0 Å². The maximum absolute atomic E-state index is 11.7. The van der Waals surface area contributed by atoms with Crippen molar-refractivity contribution in [2.75, 3.05) is 6.61 Å². The Labute approximate surface area is 197 Å². The molecule has 0 aromatic heterocycles. The summed E-state index contributed by atoms with van der Waals surface area (Å²) >= 11 is 0. The normalized spacial score (nSPS) is 18.3. The quantitative estimate of drug-likeness (QED) is 0.305. The van der Waals surface area contributed by atoms with Gasteiger partial charge in [0.2, 0.25) is 0 Å². The van der Waals surface area contributed by atoms with E-state index in [2.05, 4.69) is 0 Å². The fourth-order valence-corrected chi connectivity index (χ4v) is 4.74. The lowest BCUT2D eigenvalue weighted by Gasteiger charge is -2.46. The van der Waals surface area contributed by atoms with Crippen molar-refractivity contribution in [1.29, 1.82) is 0 Å². The van der Waals surface area contributed by atoms with E-state index in [1.165, 1.54) is 0 Å². The highest BCUT2D eigenvalue weighted by Gasteiger charge is 2.54. The molecule has 0 saturated carbocycles. The van der Waals surface area contributed by atoms with E-state index in [9.17, 15) is 30.6 Å². The van der Waals surface area contributed by atoms with Crippen LogP contribution >= 0.6 is 0 Å². The lowest BCUT2D eigenvalue weighted by Crippen LogP contribution is -2.66. The molecule has 0 radical (unpaired) electrons. The summed E-state index contributed by atoms with van der Waals surface area (Å²) in [7, 11) is 0. The van der Waals surface area contributed by atoms with Crippen molar-refractivity contribution in [3.8, 4) is 0 Å². The van der Waals surface area contributed by atoms with Crippen LogP contribution in [0.2, 0.25) is 0 Å². The Hall–Kier alpha value is -1.80.